The van der Waals surface area contributed by atoms with E-state index in [9.17, 15) is 9.59 Å². The zero-order valence-electron chi connectivity index (χ0n) is 21.7. The van der Waals surface area contributed by atoms with E-state index in [-0.39, 0.29) is 11.5 Å². The first-order valence-corrected chi connectivity index (χ1v) is 13.1. The number of H-pyrrole nitrogens is 2. The van der Waals surface area contributed by atoms with E-state index in [1.807, 2.05) is 97.1 Å². The molecule has 2 heterocycles. The first-order valence-electron chi connectivity index (χ1n) is 13.1. The standard InChI is InChI=1S/C32H27N5O3/c38-31-26-12-5-4-11-25(26)29(34-36-31)23-15-17-24(18-16-23)37(19-8-20-40-21-22-9-2-1-3-10-22)32(39)30-27-13-6-7-14-28(27)33-35-30/h1-7,9-18H,8,19-21H2,(H,33,35)(H,36,38). The van der Waals surface area contributed by atoms with E-state index < -0.39 is 0 Å². The van der Waals surface area contributed by atoms with Gasteiger partial charge in [-0.15, -0.1) is 0 Å². The van der Waals surface area contributed by atoms with Crippen LogP contribution in [0.5, 0.6) is 0 Å². The number of rotatable bonds is 9. The zero-order chi connectivity index (χ0) is 27.3. The molecule has 8 heteroatoms. The summed E-state index contributed by atoms with van der Waals surface area (Å²) in [5, 5.41) is 16.3. The Bertz CT molecular complexity index is 1830. The van der Waals surface area contributed by atoms with E-state index in [2.05, 4.69) is 20.4 Å². The average molecular weight is 530 g/mol. The molecule has 0 aliphatic heterocycles. The Morgan fingerprint density at radius 1 is 0.750 bits per heavy atom. The minimum absolute atomic E-state index is 0.194. The number of benzene rings is 4. The molecule has 0 unspecified atom stereocenters. The summed E-state index contributed by atoms with van der Waals surface area (Å²) >= 11 is 0. The highest BCUT2D eigenvalue weighted by molar-refractivity contribution is 6.12. The van der Waals surface area contributed by atoms with Crippen LogP contribution in [-0.4, -0.2) is 39.5 Å². The highest BCUT2D eigenvalue weighted by Crippen LogP contribution is 2.28. The number of carbonyl (C=O) groups excluding carboxylic acids is 1. The number of aromatic nitrogens is 4. The Labute approximate surface area is 230 Å². The molecule has 1 amide bonds. The third kappa shape index (κ3) is 5.12. The van der Waals surface area contributed by atoms with Gasteiger partial charge in [-0.05, 0) is 36.2 Å². The Morgan fingerprint density at radius 3 is 2.25 bits per heavy atom. The van der Waals surface area contributed by atoms with Crippen molar-refractivity contribution in [3.63, 3.8) is 0 Å². The Hall–Kier alpha value is -5.08. The number of nitrogens with one attached hydrogen (secondary N) is 2. The van der Waals surface area contributed by atoms with Crippen molar-refractivity contribution in [2.75, 3.05) is 18.1 Å². The third-order valence-electron chi connectivity index (χ3n) is 6.85. The minimum Gasteiger partial charge on any atom is -0.377 e. The summed E-state index contributed by atoms with van der Waals surface area (Å²) in [4.78, 5) is 27.8. The van der Waals surface area contributed by atoms with Crippen molar-refractivity contribution >= 4 is 33.3 Å². The lowest BCUT2D eigenvalue weighted by molar-refractivity contribution is 0.0969. The average Bonchev–Trinajstić information content (AvgIpc) is 3.44. The van der Waals surface area contributed by atoms with Crippen molar-refractivity contribution < 1.29 is 9.53 Å². The van der Waals surface area contributed by atoms with Crippen LogP contribution in [0.25, 0.3) is 32.9 Å². The first-order chi connectivity index (χ1) is 19.7. The fourth-order valence-corrected chi connectivity index (χ4v) is 4.83. The number of carbonyl (C=O) groups is 1. The Kier molecular flexibility index (Phi) is 7.15. The van der Waals surface area contributed by atoms with Gasteiger partial charge < -0.3 is 9.64 Å². The van der Waals surface area contributed by atoms with Crippen LogP contribution in [0.1, 0.15) is 22.5 Å². The fraction of sp³-hybridized carbons (Fsp3) is 0.125. The molecule has 0 spiro atoms. The molecule has 0 fully saturated rings. The molecule has 4 aromatic carbocycles. The van der Waals surface area contributed by atoms with E-state index in [4.69, 9.17) is 4.74 Å². The van der Waals surface area contributed by atoms with Gasteiger partial charge in [0, 0.05) is 35.2 Å². The van der Waals surface area contributed by atoms with Gasteiger partial charge in [-0.1, -0.05) is 78.9 Å². The maximum atomic E-state index is 13.8. The number of ether oxygens (including phenoxy) is 1. The molecule has 6 aromatic rings. The number of amides is 1. The number of hydrogen-bond acceptors (Lipinski definition) is 5. The van der Waals surface area contributed by atoms with Gasteiger partial charge in [-0.3, -0.25) is 14.7 Å². The normalized spacial score (nSPS) is 11.2. The summed E-state index contributed by atoms with van der Waals surface area (Å²) in [7, 11) is 0. The van der Waals surface area contributed by atoms with E-state index in [1.165, 1.54) is 0 Å². The Morgan fingerprint density at radius 2 is 1.45 bits per heavy atom. The predicted octanol–water partition coefficient (Wildman–Crippen LogP) is 5.72. The molecular formula is C32H27N5O3. The zero-order valence-corrected chi connectivity index (χ0v) is 21.7. The molecule has 40 heavy (non-hydrogen) atoms. The van der Waals surface area contributed by atoms with E-state index in [0.29, 0.717) is 43.0 Å². The minimum atomic E-state index is -0.228. The van der Waals surface area contributed by atoms with Crippen molar-refractivity contribution in [2.45, 2.75) is 13.0 Å². The first kappa shape index (κ1) is 25.2. The summed E-state index contributed by atoms with van der Waals surface area (Å²) in [5.74, 6) is -0.194. The second kappa shape index (κ2) is 11.3. The van der Waals surface area contributed by atoms with Crippen LogP contribution in [-0.2, 0) is 11.3 Å². The molecule has 198 valence electrons. The molecule has 0 aliphatic carbocycles. The number of hydrogen-bond donors (Lipinski definition) is 2. The van der Waals surface area contributed by atoms with Crippen molar-refractivity contribution in [2.24, 2.45) is 0 Å². The summed E-state index contributed by atoms with van der Waals surface area (Å²) in [5.41, 5.74) is 4.30. The lowest BCUT2D eigenvalue weighted by Gasteiger charge is -2.22. The lowest BCUT2D eigenvalue weighted by Crippen LogP contribution is -2.33. The van der Waals surface area contributed by atoms with Crippen LogP contribution >= 0.6 is 0 Å². The number of aromatic amines is 2. The van der Waals surface area contributed by atoms with Gasteiger partial charge >= 0.3 is 0 Å². The maximum absolute atomic E-state index is 13.8. The monoisotopic (exact) mass is 529 g/mol. The van der Waals surface area contributed by atoms with Gasteiger partial charge in [0.15, 0.2) is 5.69 Å². The van der Waals surface area contributed by atoms with Gasteiger partial charge in [0.25, 0.3) is 11.5 Å². The molecule has 0 aliphatic rings. The summed E-state index contributed by atoms with van der Waals surface area (Å²) in [6.07, 6.45) is 0.648. The summed E-state index contributed by atoms with van der Waals surface area (Å²) in [6, 6.07) is 32.6. The number of fused-ring (bicyclic) bond motifs is 2. The van der Waals surface area contributed by atoms with Gasteiger partial charge in [0.05, 0.1) is 23.2 Å². The SMILES string of the molecule is O=C(c1n[nH]c2ccccc12)N(CCCOCc1ccccc1)c1ccc(-c2n[nH]c(=O)c3ccccc23)cc1. The van der Waals surface area contributed by atoms with E-state index in [0.717, 1.165) is 33.1 Å². The summed E-state index contributed by atoms with van der Waals surface area (Å²) < 4.78 is 5.88. The topological polar surface area (TPSA) is 104 Å². The van der Waals surface area contributed by atoms with Crippen LogP contribution in [0.2, 0.25) is 0 Å². The number of para-hydroxylation sites is 1. The molecule has 6 rings (SSSR count). The van der Waals surface area contributed by atoms with Crippen molar-refractivity contribution in [3.8, 4) is 11.3 Å². The second-order valence-electron chi connectivity index (χ2n) is 9.46. The highest BCUT2D eigenvalue weighted by Gasteiger charge is 2.22. The molecular weight excluding hydrogens is 502 g/mol. The van der Waals surface area contributed by atoms with Crippen molar-refractivity contribution in [1.82, 2.24) is 20.4 Å². The molecule has 0 atom stereocenters. The molecule has 0 saturated heterocycles. The smallest absolute Gasteiger partial charge is 0.279 e. The maximum Gasteiger partial charge on any atom is 0.279 e. The van der Waals surface area contributed by atoms with Gasteiger partial charge in [0.2, 0.25) is 0 Å². The van der Waals surface area contributed by atoms with Crippen LogP contribution < -0.4 is 10.5 Å². The van der Waals surface area contributed by atoms with E-state index >= 15 is 0 Å². The second-order valence-corrected chi connectivity index (χ2v) is 9.46. The molecule has 2 aromatic heterocycles. The quantitative estimate of drug-likeness (QED) is 0.233. The Balaban J connectivity index is 1.26. The lowest BCUT2D eigenvalue weighted by atomic mass is 10.0. The molecule has 2 N–H and O–H groups in total. The van der Waals surface area contributed by atoms with Crippen LogP contribution in [0, 0.1) is 0 Å². The van der Waals surface area contributed by atoms with Gasteiger partial charge in [-0.25, -0.2) is 5.10 Å². The molecule has 0 saturated carbocycles. The molecule has 0 radical (unpaired) electrons. The highest BCUT2D eigenvalue weighted by atomic mass is 16.5. The number of anilines is 1. The summed E-state index contributed by atoms with van der Waals surface area (Å²) in [6.45, 7) is 1.48. The fourth-order valence-electron chi connectivity index (χ4n) is 4.83. The third-order valence-corrected chi connectivity index (χ3v) is 6.85. The van der Waals surface area contributed by atoms with Crippen molar-refractivity contribution in [1.29, 1.82) is 0 Å². The van der Waals surface area contributed by atoms with Gasteiger partial charge in [0.1, 0.15) is 0 Å². The molecule has 0 bridgehead atoms. The molecule has 8 nitrogen and oxygen atoms in total. The largest absolute Gasteiger partial charge is 0.377 e. The van der Waals surface area contributed by atoms with Crippen LogP contribution in [0.15, 0.2) is 108 Å². The van der Waals surface area contributed by atoms with Gasteiger partial charge in [-0.2, -0.15) is 10.2 Å². The van der Waals surface area contributed by atoms with Crippen molar-refractivity contribution in [3.05, 3.63) is 125 Å². The van der Waals surface area contributed by atoms with E-state index in [1.54, 1.807) is 11.0 Å². The van der Waals surface area contributed by atoms with Crippen LogP contribution in [0.3, 0.4) is 0 Å². The van der Waals surface area contributed by atoms with Crippen LogP contribution in [0.4, 0.5) is 5.69 Å². The predicted molar refractivity (Wildman–Crippen MR) is 156 cm³/mol. The number of nitrogens with zero attached hydrogens (tertiary/aromatic N) is 3.